The van der Waals surface area contributed by atoms with E-state index in [1.807, 2.05) is 0 Å². The van der Waals surface area contributed by atoms with Crippen molar-refractivity contribution in [2.75, 3.05) is 26.7 Å². The molecule has 1 saturated carbocycles. The summed E-state index contributed by atoms with van der Waals surface area (Å²) >= 11 is 0. The molecule has 2 N–H and O–H groups in total. The topological polar surface area (TPSA) is 44.4 Å². The van der Waals surface area contributed by atoms with E-state index in [0.717, 1.165) is 38.9 Å². The van der Waals surface area contributed by atoms with Gasteiger partial charge in [0.2, 0.25) is 0 Å². The first-order valence-electron chi connectivity index (χ1n) is 8.92. The minimum atomic E-state index is 0.0129. The molecule has 23 heavy (non-hydrogen) atoms. The number of nitrogens with one attached hydrogen (secondary N) is 2. The van der Waals surface area contributed by atoms with Gasteiger partial charge in [0.1, 0.15) is 0 Å². The van der Waals surface area contributed by atoms with Crippen LogP contribution in [-0.4, -0.2) is 43.7 Å². The molecule has 0 atom stereocenters. The Morgan fingerprint density at radius 2 is 1.91 bits per heavy atom. The average Bonchev–Trinajstić information content (AvgIpc) is 2.53. The molecule has 0 unspecified atom stereocenters. The summed E-state index contributed by atoms with van der Waals surface area (Å²) in [6.45, 7) is 2.94. The van der Waals surface area contributed by atoms with Crippen LogP contribution in [0.5, 0.6) is 0 Å². The standard InChI is InChI=1S/C19H29N3O/c1-22-12-8-17(9-13-22)21-18(23)20-15-19(10-5-11-19)14-16-6-3-2-4-7-16/h2-4,6-7,17H,5,8-15H2,1H3,(H2,20,21,23). The molecule has 126 valence electrons. The Labute approximate surface area is 139 Å². The summed E-state index contributed by atoms with van der Waals surface area (Å²) in [6, 6.07) is 11.0. The van der Waals surface area contributed by atoms with Crippen molar-refractivity contribution in [3.05, 3.63) is 35.9 Å². The van der Waals surface area contributed by atoms with Gasteiger partial charge in [0, 0.05) is 12.6 Å². The highest BCUT2D eigenvalue weighted by molar-refractivity contribution is 5.74. The first kappa shape index (κ1) is 16.3. The second-order valence-corrected chi connectivity index (χ2v) is 7.42. The Kier molecular flexibility index (Phi) is 5.21. The van der Waals surface area contributed by atoms with Crippen molar-refractivity contribution in [1.29, 1.82) is 0 Å². The van der Waals surface area contributed by atoms with Gasteiger partial charge in [-0.3, -0.25) is 0 Å². The maximum Gasteiger partial charge on any atom is 0.315 e. The molecule has 0 spiro atoms. The predicted molar refractivity (Wildman–Crippen MR) is 93.5 cm³/mol. The van der Waals surface area contributed by atoms with Crippen LogP contribution in [0.2, 0.25) is 0 Å². The molecule has 1 aromatic rings. The number of rotatable bonds is 5. The molecule has 1 heterocycles. The fourth-order valence-electron chi connectivity index (χ4n) is 3.78. The van der Waals surface area contributed by atoms with Gasteiger partial charge in [-0.1, -0.05) is 36.8 Å². The summed E-state index contributed by atoms with van der Waals surface area (Å²) in [7, 11) is 2.14. The number of urea groups is 1. The minimum absolute atomic E-state index is 0.0129. The lowest BCUT2D eigenvalue weighted by molar-refractivity contribution is 0.130. The zero-order chi connectivity index (χ0) is 16.1. The lowest BCUT2D eigenvalue weighted by atomic mass is 9.65. The lowest BCUT2D eigenvalue weighted by Gasteiger charge is -2.42. The van der Waals surface area contributed by atoms with Crippen LogP contribution in [0.4, 0.5) is 4.79 Å². The number of amides is 2. The van der Waals surface area contributed by atoms with Crippen LogP contribution in [0.1, 0.15) is 37.7 Å². The van der Waals surface area contributed by atoms with Crippen molar-refractivity contribution in [1.82, 2.24) is 15.5 Å². The summed E-state index contributed by atoms with van der Waals surface area (Å²) < 4.78 is 0. The molecule has 0 bridgehead atoms. The first-order valence-corrected chi connectivity index (χ1v) is 8.92. The van der Waals surface area contributed by atoms with Crippen LogP contribution in [-0.2, 0) is 6.42 Å². The van der Waals surface area contributed by atoms with Crippen LogP contribution in [0.25, 0.3) is 0 Å². The van der Waals surface area contributed by atoms with Gasteiger partial charge in [0.15, 0.2) is 0 Å². The van der Waals surface area contributed by atoms with Gasteiger partial charge >= 0.3 is 6.03 Å². The van der Waals surface area contributed by atoms with E-state index in [0.29, 0.717) is 6.04 Å². The van der Waals surface area contributed by atoms with Crippen LogP contribution in [0.3, 0.4) is 0 Å². The summed E-state index contributed by atoms with van der Waals surface area (Å²) in [5.74, 6) is 0. The van der Waals surface area contributed by atoms with Gasteiger partial charge in [-0.2, -0.15) is 0 Å². The van der Waals surface area contributed by atoms with E-state index in [1.165, 1.54) is 24.8 Å². The van der Waals surface area contributed by atoms with Crippen molar-refractivity contribution < 1.29 is 4.79 Å². The Balaban J connectivity index is 1.45. The van der Waals surface area contributed by atoms with Gasteiger partial charge < -0.3 is 15.5 Å². The largest absolute Gasteiger partial charge is 0.338 e. The second-order valence-electron chi connectivity index (χ2n) is 7.42. The van der Waals surface area contributed by atoms with Gasteiger partial charge in [-0.25, -0.2) is 4.79 Å². The van der Waals surface area contributed by atoms with E-state index in [9.17, 15) is 4.79 Å². The maximum atomic E-state index is 12.2. The summed E-state index contributed by atoms with van der Waals surface area (Å²) in [5.41, 5.74) is 1.65. The summed E-state index contributed by atoms with van der Waals surface area (Å²) in [4.78, 5) is 14.5. The van der Waals surface area contributed by atoms with Gasteiger partial charge in [-0.05, 0) is 63.2 Å². The molecule has 0 radical (unpaired) electrons. The van der Waals surface area contributed by atoms with Gasteiger partial charge in [-0.15, -0.1) is 0 Å². The van der Waals surface area contributed by atoms with Crippen LogP contribution in [0.15, 0.2) is 30.3 Å². The molecule has 2 amide bonds. The third-order valence-electron chi connectivity index (χ3n) is 5.51. The predicted octanol–water partition coefficient (Wildman–Crippen LogP) is 2.79. The number of hydrogen-bond donors (Lipinski definition) is 2. The van der Waals surface area contributed by atoms with Gasteiger partial charge in [0.05, 0.1) is 0 Å². The number of benzene rings is 1. The number of likely N-dealkylation sites (tertiary alicyclic amines) is 1. The number of hydrogen-bond acceptors (Lipinski definition) is 2. The Morgan fingerprint density at radius 1 is 1.22 bits per heavy atom. The van der Waals surface area contributed by atoms with Crippen molar-refractivity contribution in [2.24, 2.45) is 5.41 Å². The van der Waals surface area contributed by atoms with E-state index in [1.54, 1.807) is 0 Å². The zero-order valence-corrected chi connectivity index (χ0v) is 14.2. The molecule has 2 aliphatic rings. The number of nitrogens with zero attached hydrogens (tertiary/aromatic N) is 1. The number of carbonyl (C=O) groups excluding carboxylic acids is 1. The molecule has 1 aromatic carbocycles. The highest BCUT2D eigenvalue weighted by Gasteiger charge is 2.37. The van der Waals surface area contributed by atoms with Crippen LogP contribution < -0.4 is 10.6 Å². The average molecular weight is 315 g/mol. The van der Waals surface area contributed by atoms with Crippen molar-refractivity contribution in [3.8, 4) is 0 Å². The van der Waals surface area contributed by atoms with E-state index >= 15 is 0 Å². The van der Waals surface area contributed by atoms with Crippen LogP contribution >= 0.6 is 0 Å². The monoisotopic (exact) mass is 315 g/mol. The lowest BCUT2D eigenvalue weighted by Crippen LogP contribution is -2.50. The molecular weight excluding hydrogens is 286 g/mol. The Morgan fingerprint density at radius 3 is 2.52 bits per heavy atom. The fourth-order valence-corrected chi connectivity index (χ4v) is 3.78. The van der Waals surface area contributed by atoms with Crippen molar-refractivity contribution in [2.45, 2.75) is 44.6 Å². The number of piperidine rings is 1. The number of carbonyl (C=O) groups is 1. The molecule has 0 aromatic heterocycles. The molecular formula is C19H29N3O. The van der Waals surface area contributed by atoms with Gasteiger partial charge in [0.25, 0.3) is 0 Å². The smallest absolute Gasteiger partial charge is 0.315 e. The molecule has 2 fully saturated rings. The molecule has 3 rings (SSSR count). The van der Waals surface area contributed by atoms with E-state index in [4.69, 9.17) is 0 Å². The normalized spacial score (nSPS) is 21.4. The Bertz CT molecular complexity index is 505. The summed E-state index contributed by atoms with van der Waals surface area (Å²) in [6.07, 6.45) is 6.90. The van der Waals surface area contributed by atoms with Crippen molar-refractivity contribution in [3.63, 3.8) is 0 Å². The third kappa shape index (κ3) is 4.47. The SMILES string of the molecule is CN1CCC(NC(=O)NCC2(Cc3ccccc3)CCC2)CC1. The van der Waals surface area contributed by atoms with Crippen LogP contribution in [0, 0.1) is 5.41 Å². The fraction of sp³-hybridized carbons (Fsp3) is 0.632. The first-order chi connectivity index (χ1) is 11.2. The van der Waals surface area contributed by atoms with Crippen molar-refractivity contribution >= 4 is 6.03 Å². The highest BCUT2D eigenvalue weighted by atomic mass is 16.2. The Hall–Kier alpha value is -1.55. The van der Waals surface area contributed by atoms with E-state index < -0.39 is 0 Å². The maximum absolute atomic E-state index is 12.2. The molecule has 4 nitrogen and oxygen atoms in total. The summed E-state index contributed by atoms with van der Waals surface area (Å²) in [5, 5.41) is 6.29. The second kappa shape index (κ2) is 7.35. The van der Waals surface area contributed by atoms with E-state index in [-0.39, 0.29) is 11.4 Å². The molecule has 4 heteroatoms. The third-order valence-corrected chi connectivity index (χ3v) is 5.51. The minimum Gasteiger partial charge on any atom is -0.338 e. The van der Waals surface area contributed by atoms with E-state index in [2.05, 4.69) is 52.9 Å². The quantitative estimate of drug-likeness (QED) is 0.877. The molecule has 1 saturated heterocycles. The molecule has 1 aliphatic heterocycles. The molecule has 1 aliphatic carbocycles. The highest BCUT2D eigenvalue weighted by Crippen LogP contribution is 2.43. The zero-order valence-electron chi connectivity index (χ0n) is 14.2.